The van der Waals surface area contributed by atoms with Crippen molar-refractivity contribution in [3.05, 3.63) is 58.1 Å². The number of anilines is 1. The summed E-state index contributed by atoms with van der Waals surface area (Å²) in [5.74, 6) is 0.292. The number of ether oxygens (including phenoxy) is 1. The molecule has 0 heterocycles. The fourth-order valence-electron chi connectivity index (χ4n) is 1.83. The van der Waals surface area contributed by atoms with Crippen LogP contribution in [0.5, 0.6) is 5.75 Å². The summed E-state index contributed by atoms with van der Waals surface area (Å²) in [6.45, 7) is 0.441. The van der Waals surface area contributed by atoms with Gasteiger partial charge in [-0.15, -0.1) is 0 Å². The van der Waals surface area contributed by atoms with E-state index in [-0.39, 0.29) is 5.91 Å². The standard InChI is InChI=1S/C15H15BrN2O2/c1-20-14-6-5-12(17)8-13(14)15(19)18-9-10-3-2-4-11(16)7-10/h2-8H,9,17H2,1H3,(H,18,19). The number of benzene rings is 2. The molecule has 0 bridgehead atoms. The molecule has 2 aromatic carbocycles. The first kappa shape index (κ1) is 14.4. The molecule has 1 amide bonds. The zero-order chi connectivity index (χ0) is 14.5. The minimum Gasteiger partial charge on any atom is -0.496 e. The van der Waals surface area contributed by atoms with E-state index in [1.165, 1.54) is 7.11 Å². The molecule has 5 heteroatoms. The third-order valence-electron chi connectivity index (χ3n) is 2.81. The average Bonchev–Trinajstić information content (AvgIpc) is 2.45. The number of hydrogen-bond acceptors (Lipinski definition) is 3. The van der Waals surface area contributed by atoms with Crippen LogP contribution in [0.15, 0.2) is 46.9 Å². The van der Waals surface area contributed by atoms with Crippen molar-refractivity contribution in [3.63, 3.8) is 0 Å². The molecule has 0 spiro atoms. The SMILES string of the molecule is COc1ccc(N)cc1C(=O)NCc1cccc(Br)c1. The van der Waals surface area contributed by atoms with Gasteiger partial charge in [0.05, 0.1) is 12.7 Å². The van der Waals surface area contributed by atoms with E-state index in [1.807, 2.05) is 24.3 Å². The van der Waals surface area contributed by atoms with Gasteiger partial charge in [0, 0.05) is 16.7 Å². The zero-order valence-corrected chi connectivity index (χ0v) is 12.6. The second-order valence-electron chi connectivity index (χ2n) is 4.27. The summed E-state index contributed by atoms with van der Waals surface area (Å²) >= 11 is 3.40. The Kier molecular flexibility index (Phi) is 4.63. The first-order valence-corrected chi connectivity index (χ1v) is 6.85. The molecular weight excluding hydrogens is 320 g/mol. The summed E-state index contributed by atoms with van der Waals surface area (Å²) in [7, 11) is 1.52. The van der Waals surface area contributed by atoms with Gasteiger partial charge in [-0.3, -0.25) is 4.79 Å². The highest BCUT2D eigenvalue weighted by Gasteiger charge is 2.12. The third kappa shape index (κ3) is 3.51. The number of amides is 1. The van der Waals surface area contributed by atoms with Crippen molar-refractivity contribution in [1.29, 1.82) is 0 Å². The fraction of sp³-hybridized carbons (Fsp3) is 0.133. The molecule has 0 unspecified atom stereocenters. The van der Waals surface area contributed by atoms with Crippen LogP contribution in [0, 0.1) is 0 Å². The Morgan fingerprint density at radius 3 is 2.80 bits per heavy atom. The van der Waals surface area contributed by atoms with E-state index in [0.29, 0.717) is 23.5 Å². The van der Waals surface area contributed by atoms with Gasteiger partial charge in [0.2, 0.25) is 0 Å². The van der Waals surface area contributed by atoms with Crippen LogP contribution in [0.1, 0.15) is 15.9 Å². The lowest BCUT2D eigenvalue weighted by atomic mass is 10.1. The van der Waals surface area contributed by atoms with Crippen LogP contribution in [-0.4, -0.2) is 13.0 Å². The minimum atomic E-state index is -0.214. The van der Waals surface area contributed by atoms with Crippen LogP contribution in [0.3, 0.4) is 0 Å². The molecule has 0 atom stereocenters. The second kappa shape index (κ2) is 6.43. The number of nitrogens with two attached hydrogens (primary N) is 1. The predicted molar refractivity (Wildman–Crippen MR) is 82.7 cm³/mol. The first-order chi connectivity index (χ1) is 9.60. The Morgan fingerprint density at radius 1 is 1.30 bits per heavy atom. The van der Waals surface area contributed by atoms with E-state index in [1.54, 1.807) is 18.2 Å². The maximum absolute atomic E-state index is 12.2. The zero-order valence-electron chi connectivity index (χ0n) is 11.0. The number of carbonyl (C=O) groups excluding carboxylic acids is 1. The Bertz CT molecular complexity index is 629. The van der Waals surface area contributed by atoms with Crippen LogP contribution in [0.2, 0.25) is 0 Å². The minimum absolute atomic E-state index is 0.214. The number of nitrogen functional groups attached to an aromatic ring is 1. The molecule has 2 aromatic rings. The highest BCUT2D eigenvalue weighted by atomic mass is 79.9. The van der Waals surface area contributed by atoms with E-state index in [4.69, 9.17) is 10.5 Å². The number of rotatable bonds is 4. The van der Waals surface area contributed by atoms with Gasteiger partial charge in [-0.25, -0.2) is 0 Å². The lowest BCUT2D eigenvalue weighted by Gasteiger charge is -2.10. The molecule has 0 aliphatic heterocycles. The number of carbonyl (C=O) groups is 1. The van der Waals surface area contributed by atoms with Crippen LogP contribution in [0.25, 0.3) is 0 Å². The molecule has 0 aliphatic rings. The molecule has 3 N–H and O–H groups in total. The van der Waals surface area contributed by atoms with E-state index >= 15 is 0 Å². The Balaban J connectivity index is 2.10. The van der Waals surface area contributed by atoms with Crippen LogP contribution in [0.4, 0.5) is 5.69 Å². The van der Waals surface area contributed by atoms with Crippen LogP contribution >= 0.6 is 15.9 Å². The Morgan fingerprint density at radius 2 is 2.10 bits per heavy atom. The van der Waals surface area contributed by atoms with Gasteiger partial charge in [0.25, 0.3) is 5.91 Å². The van der Waals surface area contributed by atoms with Crippen molar-refractivity contribution in [1.82, 2.24) is 5.32 Å². The maximum atomic E-state index is 12.2. The van der Waals surface area contributed by atoms with Gasteiger partial charge in [-0.05, 0) is 35.9 Å². The summed E-state index contributed by atoms with van der Waals surface area (Å²) in [4.78, 5) is 12.2. The van der Waals surface area contributed by atoms with Crippen molar-refractivity contribution >= 4 is 27.5 Å². The predicted octanol–water partition coefficient (Wildman–Crippen LogP) is 2.97. The number of halogens is 1. The summed E-state index contributed by atoms with van der Waals surface area (Å²) in [5, 5.41) is 2.85. The molecule has 0 fully saturated rings. The molecule has 0 radical (unpaired) electrons. The maximum Gasteiger partial charge on any atom is 0.255 e. The topological polar surface area (TPSA) is 64.3 Å². The van der Waals surface area contributed by atoms with Gasteiger partial charge >= 0.3 is 0 Å². The van der Waals surface area contributed by atoms with Crippen molar-refractivity contribution in [2.24, 2.45) is 0 Å². The largest absolute Gasteiger partial charge is 0.496 e. The molecule has 0 saturated heterocycles. The smallest absolute Gasteiger partial charge is 0.255 e. The van der Waals surface area contributed by atoms with Gasteiger partial charge in [-0.2, -0.15) is 0 Å². The molecule has 2 rings (SSSR count). The van der Waals surface area contributed by atoms with Crippen LogP contribution < -0.4 is 15.8 Å². The summed E-state index contributed by atoms with van der Waals surface area (Å²) in [6.07, 6.45) is 0. The van der Waals surface area contributed by atoms with Gasteiger partial charge in [0.15, 0.2) is 0 Å². The quantitative estimate of drug-likeness (QED) is 0.845. The molecule has 104 valence electrons. The van der Waals surface area contributed by atoms with Crippen molar-refractivity contribution in [2.75, 3.05) is 12.8 Å². The normalized spacial score (nSPS) is 10.1. The van der Waals surface area contributed by atoms with Crippen molar-refractivity contribution < 1.29 is 9.53 Å². The summed E-state index contributed by atoms with van der Waals surface area (Å²) < 4.78 is 6.15. The monoisotopic (exact) mass is 334 g/mol. The number of nitrogens with one attached hydrogen (secondary N) is 1. The van der Waals surface area contributed by atoms with E-state index in [2.05, 4.69) is 21.2 Å². The van der Waals surface area contributed by atoms with Crippen molar-refractivity contribution in [3.8, 4) is 5.75 Å². The van der Waals surface area contributed by atoms with Crippen molar-refractivity contribution in [2.45, 2.75) is 6.54 Å². The summed E-state index contributed by atoms with van der Waals surface area (Å²) in [6, 6.07) is 12.7. The molecule has 0 saturated carbocycles. The average molecular weight is 335 g/mol. The highest BCUT2D eigenvalue weighted by Crippen LogP contribution is 2.21. The van der Waals surface area contributed by atoms with E-state index < -0.39 is 0 Å². The fourth-order valence-corrected chi connectivity index (χ4v) is 2.27. The lowest BCUT2D eigenvalue weighted by molar-refractivity contribution is 0.0948. The lowest BCUT2D eigenvalue weighted by Crippen LogP contribution is -2.23. The number of hydrogen-bond donors (Lipinski definition) is 2. The van der Waals surface area contributed by atoms with E-state index in [9.17, 15) is 4.79 Å². The third-order valence-corrected chi connectivity index (χ3v) is 3.30. The molecule has 4 nitrogen and oxygen atoms in total. The number of methoxy groups -OCH3 is 1. The van der Waals surface area contributed by atoms with Crippen LogP contribution in [-0.2, 0) is 6.54 Å². The Labute approximate surface area is 126 Å². The molecule has 0 aliphatic carbocycles. The highest BCUT2D eigenvalue weighted by molar-refractivity contribution is 9.10. The van der Waals surface area contributed by atoms with E-state index in [0.717, 1.165) is 10.0 Å². The van der Waals surface area contributed by atoms with Gasteiger partial charge < -0.3 is 15.8 Å². The molecular formula is C15H15BrN2O2. The Hall–Kier alpha value is -2.01. The summed E-state index contributed by atoms with van der Waals surface area (Å²) in [5.41, 5.74) is 7.67. The van der Waals surface area contributed by atoms with Gasteiger partial charge in [-0.1, -0.05) is 28.1 Å². The van der Waals surface area contributed by atoms with Gasteiger partial charge in [0.1, 0.15) is 5.75 Å². The second-order valence-corrected chi connectivity index (χ2v) is 5.19. The molecule has 20 heavy (non-hydrogen) atoms. The first-order valence-electron chi connectivity index (χ1n) is 6.06. The molecule has 0 aromatic heterocycles.